The SMILES string of the molecule is O=C(O)CC1(NC(=O)c2cc(Br)cn2C2CC2)CCCC1. The van der Waals surface area contributed by atoms with Crippen molar-refractivity contribution in [2.24, 2.45) is 0 Å². The number of nitrogens with one attached hydrogen (secondary N) is 1. The second-order valence-corrected chi connectivity index (χ2v) is 7.11. The fourth-order valence-corrected chi connectivity index (χ4v) is 3.71. The van der Waals surface area contributed by atoms with E-state index < -0.39 is 11.5 Å². The zero-order valence-electron chi connectivity index (χ0n) is 11.8. The molecule has 2 saturated carbocycles. The summed E-state index contributed by atoms with van der Waals surface area (Å²) in [6, 6.07) is 2.23. The van der Waals surface area contributed by atoms with Gasteiger partial charge in [0.05, 0.1) is 12.0 Å². The van der Waals surface area contributed by atoms with Gasteiger partial charge in [-0.3, -0.25) is 9.59 Å². The van der Waals surface area contributed by atoms with Crippen molar-refractivity contribution in [3.8, 4) is 0 Å². The van der Waals surface area contributed by atoms with Crippen LogP contribution in [0.25, 0.3) is 0 Å². The summed E-state index contributed by atoms with van der Waals surface area (Å²) in [5.74, 6) is -1.01. The van der Waals surface area contributed by atoms with Crippen LogP contribution in [0, 0.1) is 0 Å². The first kappa shape index (κ1) is 14.6. The minimum absolute atomic E-state index is 0.00401. The lowest BCUT2D eigenvalue weighted by atomic mass is 9.93. The van der Waals surface area contributed by atoms with E-state index >= 15 is 0 Å². The van der Waals surface area contributed by atoms with Crippen molar-refractivity contribution in [2.75, 3.05) is 0 Å². The van der Waals surface area contributed by atoms with Gasteiger partial charge in [0.15, 0.2) is 0 Å². The molecular formula is C15H19BrN2O3. The first-order valence-electron chi connectivity index (χ1n) is 7.41. The molecule has 3 rings (SSSR count). The van der Waals surface area contributed by atoms with Crippen LogP contribution in [0.15, 0.2) is 16.7 Å². The second kappa shape index (κ2) is 5.48. The average molecular weight is 355 g/mol. The van der Waals surface area contributed by atoms with Crippen molar-refractivity contribution < 1.29 is 14.7 Å². The van der Waals surface area contributed by atoms with Gasteiger partial charge in [0.2, 0.25) is 0 Å². The van der Waals surface area contributed by atoms with Crippen LogP contribution >= 0.6 is 15.9 Å². The van der Waals surface area contributed by atoms with Crippen LogP contribution in [0.3, 0.4) is 0 Å². The predicted octanol–water partition coefficient (Wildman–Crippen LogP) is 3.10. The standard InChI is InChI=1S/C15H19BrN2O3/c16-10-7-12(18(9-10)11-3-4-11)14(21)17-15(8-13(19)20)5-1-2-6-15/h7,9,11H,1-6,8H2,(H,17,21)(H,19,20). The summed E-state index contributed by atoms with van der Waals surface area (Å²) in [5, 5.41) is 12.1. The number of carboxylic acid groups (broad SMARTS) is 1. The van der Waals surface area contributed by atoms with Crippen molar-refractivity contribution in [1.29, 1.82) is 0 Å². The Morgan fingerprint density at radius 1 is 1.38 bits per heavy atom. The zero-order chi connectivity index (χ0) is 15.0. The maximum atomic E-state index is 12.6. The number of hydrogen-bond acceptors (Lipinski definition) is 2. The van der Waals surface area contributed by atoms with E-state index in [1.165, 1.54) is 0 Å². The molecule has 0 unspecified atom stereocenters. The molecule has 2 aliphatic carbocycles. The Labute approximate surface area is 131 Å². The molecular weight excluding hydrogens is 336 g/mol. The van der Waals surface area contributed by atoms with Crippen LogP contribution in [0.2, 0.25) is 0 Å². The molecule has 2 fully saturated rings. The number of halogens is 1. The zero-order valence-corrected chi connectivity index (χ0v) is 13.4. The van der Waals surface area contributed by atoms with Gasteiger partial charge in [0.1, 0.15) is 5.69 Å². The molecule has 5 nitrogen and oxygen atoms in total. The Morgan fingerprint density at radius 2 is 2.05 bits per heavy atom. The van der Waals surface area contributed by atoms with Crippen molar-refractivity contribution in [1.82, 2.24) is 9.88 Å². The third-order valence-corrected chi connectivity index (χ3v) is 4.85. The van der Waals surface area contributed by atoms with Gasteiger partial charge < -0.3 is 15.0 Å². The predicted molar refractivity (Wildman–Crippen MR) is 81.3 cm³/mol. The monoisotopic (exact) mass is 354 g/mol. The summed E-state index contributed by atoms with van der Waals surface area (Å²) in [6.07, 6.45) is 7.58. The number of rotatable bonds is 5. The summed E-state index contributed by atoms with van der Waals surface area (Å²) in [5.41, 5.74) is 0.0506. The second-order valence-electron chi connectivity index (χ2n) is 6.19. The van der Waals surface area contributed by atoms with Crippen molar-refractivity contribution in [3.05, 3.63) is 22.4 Å². The normalized spacial score (nSPS) is 20.4. The molecule has 0 aromatic carbocycles. The maximum Gasteiger partial charge on any atom is 0.305 e. The fourth-order valence-electron chi connectivity index (χ4n) is 3.27. The lowest BCUT2D eigenvalue weighted by Crippen LogP contribution is -2.48. The van der Waals surface area contributed by atoms with Crippen molar-refractivity contribution in [3.63, 3.8) is 0 Å². The largest absolute Gasteiger partial charge is 0.481 e. The number of carbonyl (C=O) groups is 2. The van der Waals surface area contributed by atoms with E-state index in [-0.39, 0.29) is 12.3 Å². The number of aromatic nitrogens is 1. The van der Waals surface area contributed by atoms with Crippen LogP contribution in [-0.4, -0.2) is 27.1 Å². The van der Waals surface area contributed by atoms with Gasteiger partial charge in [-0.05, 0) is 47.7 Å². The molecule has 0 bridgehead atoms. The quantitative estimate of drug-likeness (QED) is 0.853. The summed E-state index contributed by atoms with van der Waals surface area (Å²) < 4.78 is 2.89. The molecule has 0 radical (unpaired) electrons. The molecule has 2 N–H and O–H groups in total. The van der Waals surface area contributed by atoms with Crippen molar-refractivity contribution in [2.45, 2.75) is 56.5 Å². The summed E-state index contributed by atoms with van der Waals surface area (Å²) >= 11 is 3.42. The maximum absolute atomic E-state index is 12.6. The van der Waals surface area contributed by atoms with Gasteiger partial charge >= 0.3 is 5.97 Å². The molecule has 1 heterocycles. The number of aliphatic carboxylic acids is 1. The molecule has 114 valence electrons. The first-order valence-corrected chi connectivity index (χ1v) is 8.20. The van der Waals surface area contributed by atoms with E-state index in [9.17, 15) is 9.59 Å². The molecule has 1 amide bonds. The van der Waals surface area contributed by atoms with Gasteiger partial charge in [-0.25, -0.2) is 0 Å². The molecule has 0 saturated heterocycles. The van der Waals surface area contributed by atoms with Gasteiger partial charge in [-0.1, -0.05) is 12.8 Å². The number of carbonyl (C=O) groups excluding carboxylic acids is 1. The van der Waals surface area contributed by atoms with Gasteiger partial charge in [0.25, 0.3) is 5.91 Å². The smallest absolute Gasteiger partial charge is 0.305 e. The highest BCUT2D eigenvalue weighted by Crippen LogP contribution is 2.38. The molecule has 2 aliphatic rings. The molecule has 21 heavy (non-hydrogen) atoms. The van der Waals surface area contributed by atoms with Crippen LogP contribution in [-0.2, 0) is 4.79 Å². The number of carboxylic acids is 1. The van der Waals surface area contributed by atoms with E-state index in [1.807, 2.05) is 16.8 Å². The van der Waals surface area contributed by atoms with Crippen LogP contribution < -0.4 is 5.32 Å². The Balaban J connectivity index is 1.80. The molecule has 1 aromatic heterocycles. The Kier molecular flexibility index (Phi) is 3.82. The van der Waals surface area contributed by atoms with E-state index in [2.05, 4.69) is 21.2 Å². The van der Waals surface area contributed by atoms with E-state index in [0.29, 0.717) is 11.7 Å². The Morgan fingerprint density at radius 3 is 2.62 bits per heavy atom. The van der Waals surface area contributed by atoms with E-state index in [1.54, 1.807) is 0 Å². The lowest BCUT2D eigenvalue weighted by Gasteiger charge is -2.28. The van der Waals surface area contributed by atoms with Crippen molar-refractivity contribution >= 4 is 27.8 Å². The molecule has 0 atom stereocenters. The minimum atomic E-state index is -0.851. The van der Waals surface area contributed by atoms with Gasteiger partial charge in [0, 0.05) is 16.7 Å². The summed E-state index contributed by atoms with van der Waals surface area (Å²) in [6.45, 7) is 0. The van der Waals surface area contributed by atoms with E-state index in [0.717, 1.165) is 43.0 Å². The highest BCUT2D eigenvalue weighted by atomic mass is 79.9. The van der Waals surface area contributed by atoms with E-state index in [4.69, 9.17) is 5.11 Å². The Bertz CT molecular complexity index is 571. The van der Waals surface area contributed by atoms with Gasteiger partial charge in [-0.15, -0.1) is 0 Å². The highest BCUT2D eigenvalue weighted by molar-refractivity contribution is 9.10. The summed E-state index contributed by atoms with van der Waals surface area (Å²) in [4.78, 5) is 23.7. The average Bonchev–Trinajstić information content (AvgIpc) is 3.03. The summed E-state index contributed by atoms with van der Waals surface area (Å²) in [7, 11) is 0. The van der Waals surface area contributed by atoms with Crippen LogP contribution in [0.4, 0.5) is 0 Å². The molecule has 1 aromatic rings. The highest BCUT2D eigenvalue weighted by Gasteiger charge is 2.38. The third kappa shape index (κ3) is 3.15. The molecule has 0 aliphatic heterocycles. The van der Waals surface area contributed by atoms with Crippen LogP contribution in [0.1, 0.15) is 61.5 Å². The number of hydrogen-bond donors (Lipinski definition) is 2. The minimum Gasteiger partial charge on any atom is -0.481 e. The fraction of sp³-hybridized carbons (Fsp3) is 0.600. The number of nitrogens with zero attached hydrogens (tertiary/aromatic N) is 1. The lowest BCUT2D eigenvalue weighted by molar-refractivity contribution is -0.138. The third-order valence-electron chi connectivity index (χ3n) is 4.42. The Hall–Kier alpha value is -1.30. The number of amides is 1. The first-order chi connectivity index (χ1) is 9.99. The van der Waals surface area contributed by atoms with Crippen LogP contribution in [0.5, 0.6) is 0 Å². The van der Waals surface area contributed by atoms with Gasteiger partial charge in [-0.2, -0.15) is 0 Å². The molecule has 0 spiro atoms. The topological polar surface area (TPSA) is 71.3 Å². The molecule has 6 heteroatoms.